The van der Waals surface area contributed by atoms with E-state index in [-0.39, 0.29) is 5.75 Å². The average Bonchev–Trinajstić information content (AvgIpc) is 2.91. The number of aromatic amines is 1. The number of nitrogens with zero attached hydrogens (tertiary/aromatic N) is 2. The van der Waals surface area contributed by atoms with Crippen molar-refractivity contribution >= 4 is 23.2 Å². The SMILES string of the molecule is COc1cc(/C=N\Nc2nc3ccccc3[nH]2)ccc1O. The number of para-hydroxylation sites is 2. The number of benzene rings is 2. The maximum Gasteiger partial charge on any atom is 0.222 e. The minimum absolute atomic E-state index is 0.0971. The molecule has 0 amide bonds. The van der Waals surface area contributed by atoms with Gasteiger partial charge in [0.25, 0.3) is 0 Å². The second-order valence-electron chi connectivity index (χ2n) is 4.40. The first-order valence-electron chi connectivity index (χ1n) is 6.37. The molecule has 3 N–H and O–H groups in total. The minimum atomic E-state index is 0.0971. The normalized spacial score (nSPS) is 11.1. The lowest BCUT2D eigenvalue weighted by atomic mass is 10.2. The molecule has 2 aromatic carbocycles. The van der Waals surface area contributed by atoms with Crippen LogP contribution in [0.1, 0.15) is 5.56 Å². The second kappa shape index (κ2) is 5.54. The number of fused-ring (bicyclic) bond motifs is 1. The van der Waals surface area contributed by atoms with E-state index >= 15 is 0 Å². The van der Waals surface area contributed by atoms with Gasteiger partial charge in [-0.25, -0.2) is 10.4 Å². The highest BCUT2D eigenvalue weighted by Crippen LogP contribution is 2.25. The summed E-state index contributed by atoms with van der Waals surface area (Å²) in [7, 11) is 1.50. The largest absolute Gasteiger partial charge is 0.504 e. The van der Waals surface area contributed by atoms with Gasteiger partial charge in [-0.05, 0) is 35.9 Å². The summed E-state index contributed by atoms with van der Waals surface area (Å²) in [5, 5.41) is 13.6. The van der Waals surface area contributed by atoms with Gasteiger partial charge in [0, 0.05) is 0 Å². The molecule has 0 aliphatic rings. The maximum absolute atomic E-state index is 9.52. The number of phenols is 1. The third-order valence-electron chi connectivity index (χ3n) is 2.98. The summed E-state index contributed by atoms with van der Waals surface area (Å²) in [5.74, 6) is 1.07. The molecule has 0 aliphatic heterocycles. The molecule has 3 rings (SSSR count). The Morgan fingerprint density at radius 1 is 1.29 bits per heavy atom. The van der Waals surface area contributed by atoms with E-state index < -0.39 is 0 Å². The Morgan fingerprint density at radius 2 is 2.14 bits per heavy atom. The maximum atomic E-state index is 9.52. The number of aromatic hydroxyl groups is 1. The Labute approximate surface area is 121 Å². The zero-order valence-electron chi connectivity index (χ0n) is 11.4. The van der Waals surface area contributed by atoms with E-state index in [4.69, 9.17) is 4.74 Å². The van der Waals surface area contributed by atoms with E-state index in [0.717, 1.165) is 16.6 Å². The molecule has 106 valence electrons. The summed E-state index contributed by atoms with van der Waals surface area (Å²) >= 11 is 0. The first-order chi connectivity index (χ1) is 10.3. The lowest BCUT2D eigenvalue weighted by molar-refractivity contribution is 0.373. The number of H-pyrrole nitrogens is 1. The van der Waals surface area contributed by atoms with Crippen molar-refractivity contribution in [2.45, 2.75) is 0 Å². The highest BCUT2D eigenvalue weighted by molar-refractivity contribution is 5.82. The van der Waals surface area contributed by atoms with Crippen LogP contribution >= 0.6 is 0 Å². The number of imidazole rings is 1. The van der Waals surface area contributed by atoms with Gasteiger partial charge in [-0.15, -0.1) is 0 Å². The molecule has 0 bridgehead atoms. The average molecular weight is 282 g/mol. The predicted molar refractivity (Wildman–Crippen MR) is 82.0 cm³/mol. The van der Waals surface area contributed by atoms with Crippen molar-refractivity contribution in [3.8, 4) is 11.5 Å². The number of methoxy groups -OCH3 is 1. The third-order valence-corrected chi connectivity index (χ3v) is 2.98. The van der Waals surface area contributed by atoms with Gasteiger partial charge < -0.3 is 14.8 Å². The van der Waals surface area contributed by atoms with Crippen LogP contribution in [0.3, 0.4) is 0 Å². The Morgan fingerprint density at radius 3 is 2.95 bits per heavy atom. The van der Waals surface area contributed by atoms with Gasteiger partial charge in [0.05, 0.1) is 24.4 Å². The van der Waals surface area contributed by atoms with Gasteiger partial charge in [0.1, 0.15) is 0 Å². The lowest BCUT2D eigenvalue weighted by Gasteiger charge is -2.03. The number of hydrazone groups is 1. The summed E-state index contributed by atoms with van der Waals surface area (Å²) in [6.45, 7) is 0. The number of aromatic nitrogens is 2. The Bertz CT molecular complexity index is 762. The molecule has 6 heteroatoms. The Hall–Kier alpha value is -3.02. The molecule has 6 nitrogen and oxygen atoms in total. The molecule has 0 aliphatic carbocycles. The fourth-order valence-electron chi connectivity index (χ4n) is 1.95. The highest BCUT2D eigenvalue weighted by atomic mass is 16.5. The number of hydrogen-bond acceptors (Lipinski definition) is 5. The summed E-state index contributed by atoms with van der Waals surface area (Å²) in [6, 6.07) is 12.7. The van der Waals surface area contributed by atoms with Gasteiger partial charge in [0.15, 0.2) is 11.5 Å². The van der Waals surface area contributed by atoms with Crippen molar-refractivity contribution in [1.82, 2.24) is 9.97 Å². The van der Waals surface area contributed by atoms with Crippen LogP contribution in [0.4, 0.5) is 5.95 Å². The summed E-state index contributed by atoms with van der Waals surface area (Å²) in [5.41, 5.74) is 5.46. The molecule has 0 saturated carbocycles. The standard InChI is InChI=1S/C15H14N4O2/c1-21-14-8-10(6-7-13(14)20)9-16-19-15-17-11-4-2-3-5-12(11)18-15/h2-9,20H,1H3,(H2,17,18,19)/b16-9-. The van der Waals surface area contributed by atoms with Gasteiger partial charge in [0.2, 0.25) is 5.95 Å². The number of phenolic OH excluding ortho intramolecular Hbond substituents is 1. The number of anilines is 1. The van der Waals surface area contributed by atoms with Crippen LogP contribution in [0.5, 0.6) is 11.5 Å². The molecule has 0 atom stereocenters. The molecular weight excluding hydrogens is 268 g/mol. The number of hydrogen-bond donors (Lipinski definition) is 3. The van der Waals surface area contributed by atoms with Gasteiger partial charge in [-0.2, -0.15) is 5.10 Å². The topological polar surface area (TPSA) is 82.5 Å². The van der Waals surface area contributed by atoms with E-state index in [0.29, 0.717) is 11.7 Å². The van der Waals surface area contributed by atoms with Crippen LogP contribution in [0.2, 0.25) is 0 Å². The van der Waals surface area contributed by atoms with E-state index in [2.05, 4.69) is 20.5 Å². The zero-order valence-corrected chi connectivity index (χ0v) is 11.4. The van der Waals surface area contributed by atoms with Gasteiger partial charge in [-0.1, -0.05) is 12.1 Å². The zero-order chi connectivity index (χ0) is 14.7. The lowest BCUT2D eigenvalue weighted by Crippen LogP contribution is -1.93. The van der Waals surface area contributed by atoms with E-state index in [1.54, 1.807) is 24.4 Å². The van der Waals surface area contributed by atoms with Crippen LogP contribution in [0, 0.1) is 0 Å². The van der Waals surface area contributed by atoms with Crippen molar-refractivity contribution in [1.29, 1.82) is 0 Å². The van der Waals surface area contributed by atoms with Crippen LogP contribution in [-0.4, -0.2) is 28.4 Å². The van der Waals surface area contributed by atoms with Crippen LogP contribution < -0.4 is 10.2 Å². The molecule has 21 heavy (non-hydrogen) atoms. The molecule has 1 heterocycles. The molecule has 0 saturated heterocycles. The second-order valence-corrected chi connectivity index (χ2v) is 4.40. The highest BCUT2D eigenvalue weighted by Gasteiger charge is 2.01. The van der Waals surface area contributed by atoms with Crippen molar-refractivity contribution in [3.05, 3.63) is 48.0 Å². The Balaban J connectivity index is 1.74. The van der Waals surface area contributed by atoms with Crippen LogP contribution in [-0.2, 0) is 0 Å². The van der Waals surface area contributed by atoms with E-state index in [1.807, 2.05) is 24.3 Å². The smallest absolute Gasteiger partial charge is 0.222 e. The molecule has 0 radical (unpaired) electrons. The minimum Gasteiger partial charge on any atom is -0.504 e. The van der Waals surface area contributed by atoms with Gasteiger partial charge in [-0.3, -0.25) is 0 Å². The number of rotatable bonds is 4. The molecule has 0 spiro atoms. The van der Waals surface area contributed by atoms with Crippen LogP contribution in [0.25, 0.3) is 11.0 Å². The van der Waals surface area contributed by atoms with E-state index in [1.165, 1.54) is 7.11 Å². The Kier molecular flexibility index (Phi) is 3.42. The molecule has 0 unspecified atom stereocenters. The summed E-state index contributed by atoms with van der Waals surface area (Å²) < 4.78 is 5.04. The van der Waals surface area contributed by atoms with Crippen molar-refractivity contribution in [2.75, 3.05) is 12.5 Å². The molecule has 0 fully saturated rings. The van der Waals surface area contributed by atoms with Crippen LogP contribution in [0.15, 0.2) is 47.6 Å². The van der Waals surface area contributed by atoms with Gasteiger partial charge >= 0.3 is 0 Å². The summed E-state index contributed by atoms with van der Waals surface area (Å²) in [4.78, 5) is 7.46. The molecule has 1 aromatic heterocycles. The van der Waals surface area contributed by atoms with Crippen molar-refractivity contribution in [3.63, 3.8) is 0 Å². The first kappa shape index (κ1) is 13.0. The fraction of sp³-hybridized carbons (Fsp3) is 0.0667. The predicted octanol–water partition coefficient (Wildman–Crippen LogP) is 2.72. The number of nitrogens with one attached hydrogen (secondary N) is 2. The quantitative estimate of drug-likeness (QED) is 0.507. The molecule has 3 aromatic rings. The van der Waals surface area contributed by atoms with Crippen molar-refractivity contribution < 1.29 is 9.84 Å². The third kappa shape index (κ3) is 2.79. The fourth-order valence-corrected chi connectivity index (χ4v) is 1.95. The molecular formula is C15H14N4O2. The number of ether oxygens (including phenoxy) is 1. The van der Waals surface area contributed by atoms with Crippen molar-refractivity contribution in [2.24, 2.45) is 5.10 Å². The summed E-state index contributed by atoms with van der Waals surface area (Å²) in [6.07, 6.45) is 1.62. The first-order valence-corrected chi connectivity index (χ1v) is 6.37. The monoisotopic (exact) mass is 282 g/mol. The van der Waals surface area contributed by atoms with E-state index in [9.17, 15) is 5.11 Å².